The average Bonchev–Trinajstić information content (AvgIpc) is 2.46. The molecule has 0 radical (unpaired) electrons. The Morgan fingerprint density at radius 2 is 1.38 bits per heavy atom. The number of rotatable bonds is 2. The van der Waals surface area contributed by atoms with E-state index >= 15 is 0 Å². The summed E-state index contributed by atoms with van der Waals surface area (Å²) in [7, 11) is -0.315. The van der Waals surface area contributed by atoms with E-state index in [2.05, 4.69) is 73.3 Å². The molecule has 114 valence electrons. The molecule has 21 heavy (non-hydrogen) atoms. The van der Waals surface area contributed by atoms with Gasteiger partial charge in [-0.2, -0.15) is 0 Å². The second-order valence-corrected chi connectivity index (χ2v) is 8.31. The standard InChI is InChI=1S/C16H21Si.3ClH.Ti/c1-10-6-11(2)8-15(7-10)17-16-13(4)9-12(3)14(16)5;;;;/h6-8,12H,17H2,1-5H3;3*1H;/q;;;;+3/p-3. The smallest absolute Gasteiger partial charge is 1.00 e. The fourth-order valence-corrected chi connectivity index (χ4v) is 6.05. The van der Waals surface area contributed by atoms with E-state index < -0.39 is 0 Å². The van der Waals surface area contributed by atoms with Crippen LogP contribution in [0.3, 0.4) is 0 Å². The molecule has 0 amide bonds. The Balaban J connectivity index is 0. The predicted molar refractivity (Wildman–Crippen MR) is 78.7 cm³/mol. The summed E-state index contributed by atoms with van der Waals surface area (Å²) in [6.45, 7) is 11.4. The van der Waals surface area contributed by atoms with Crippen LogP contribution in [0.2, 0.25) is 0 Å². The molecule has 0 saturated heterocycles. The SMILES string of the molecule is CC1=[C]([Ti+3])C(C)C(C)=C1[SiH2]c1cc(C)cc(C)c1.[Cl-].[Cl-].[Cl-]. The van der Waals surface area contributed by atoms with E-state index in [-0.39, 0.29) is 46.7 Å². The Labute approximate surface area is 161 Å². The third-order valence-electron chi connectivity index (χ3n) is 4.08. The summed E-state index contributed by atoms with van der Waals surface area (Å²) in [6, 6.07) is 7.03. The summed E-state index contributed by atoms with van der Waals surface area (Å²) in [5.74, 6) is 0.665. The summed E-state index contributed by atoms with van der Waals surface area (Å²) in [4.78, 5) is 0. The van der Waals surface area contributed by atoms with E-state index in [9.17, 15) is 0 Å². The molecule has 1 aliphatic carbocycles. The van der Waals surface area contributed by atoms with Crippen molar-refractivity contribution in [3.63, 3.8) is 0 Å². The van der Waals surface area contributed by atoms with Crippen LogP contribution < -0.4 is 42.4 Å². The van der Waals surface area contributed by atoms with E-state index in [4.69, 9.17) is 0 Å². The summed E-state index contributed by atoms with van der Waals surface area (Å²) in [6.07, 6.45) is 0. The quantitative estimate of drug-likeness (QED) is 0.437. The Hall–Kier alpha value is 0.501. The van der Waals surface area contributed by atoms with E-state index in [0.717, 1.165) is 0 Å². The van der Waals surface area contributed by atoms with Crippen molar-refractivity contribution in [2.45, 2.75) is 34.6 Å². The van der Waals surface area contributed by atoms with Gasteiger partial charge in [0.15, 0.2) is 0 Å². The van der Waals surface area contributed by atoms with Gasteiger partial charge in [-0.3, -0.25) is 0 Å². The van der Waals surface area contributed by atoms with Crippen LogP contribution in [0.4, 0.5) is 0 Å². The molecule has 0 spiro atoms. The van der Waals surface area contributed by atoms with Crippen LogP contribution in [-0.4, -0.2) is 9.52 Å². The zero-order valence-corrected chi connectivity index (χ0v) is 18.4. The van der Waals surface area contributed by atoms with Crippen LogP contribution in [0.15, 0.2) is 38.4 Å². The van der Waals surface area contributed by atoms with E-state index in [1.54, 1.807) is 25.4 Å². The van der Waals surface area contributed by atoms with Gasteiger partial charge in [-0.25, -0.2) is 0 Å². The Morgan fingerprint density at radius 1 is 0.905 bits per heavy atom. The Bertz CT molecular complexity index is 544. The summed E-state index contributed by atoms with van der Waals surface area (Å²) in [5, 5.41) is 3.29. The molecule has 1 aromatic carbocycles. The number of aryl methyl sites for hydroxylation is 2. The first kappa shape index (κ1) is 23.8. The van der Waals surface area contributed by atoms with Crippen LogP contribution in [0.5, 0.6) is 0 Å². The number of hydrogen-bond donors (Lipinski definition) is 0. The van der Waals surface area contributed by atoms with Crippen LogP contribution in [0, 0.1) is 19.8 Å². The van der Waals surface area contributed by atoms with Crippen LogP contribution in [0.25, 0.3) is 0 Å². The predicted octanol–water partition coefficient (Wildman–Crippen LogP) is -6.15. The first-order chi connectivity index (χ1) is 8.40. The van der Waals surface area contributed by atoms with Gasteiger partial charge >= 0.3 is 125 Å². The molecule has 0 saturated carbocycles. The zero-order chi connectivity index (χ0) is 13.4. The van der Waals surface area contributed by atoms with Crippen molar-refractivity contribution < 1.29 is 57.7 Å². The minimum atomic E-state index is -0.315. The number of benzene rings is 1. The van der Waals surface area contributed by atoms with Gasteiger partial charge in [-0.05, 0) is 0 Å². The zero-order valence-electron chi connectivity index (χ0n) is 13.2. The second-order valence-electron chi connectivity index (χ2n) is 5.59. The van der Waals surface area contributed by atoms with Crippen molar-refractivity contribution in [3.8, 4) is 0 Å². The van der Waals surface area contributed by atoms with Gasteiger partial charge in [0, 0.05) is 0 Å². The summed E-state index contributed by atoms with van der Waals surface area (Å²) < 4.78 is 1.58. The molecular formula is C16H21Cl3SiTi. The largest absolute Gasteiger partial charge is 1.00 e. The Kier molecular flexibility index (Phi) is 10.9. The topological polar surface area (TPSA) is 0 Å². The number of allylic oxidation sites excluding steroid dienone is 4. The molecule has 0 aliphatic heterocycles. The van der Waals surface area contributed by atoms with Crippen LogP contribution in [-0.2, 0) is 20.4 Å². The van der Waals surface area contributed by atoms with Crippen molar-refractivity contribution >= 4 is 14.7 Å². The maximum absolute atomic E-state index is 2.38. The molecule has 1 aliphatic rings. The molecule has 1 aromatic rings. The maximum Gasteiger partial charge on any atom is -1.00 e. The van der Waals surface area contributed by atoms with Crippen molar-refractivity contribution in [1.82, 2.24) is 0 Å². The number of halogens is 3. The molecule has 0 aromatic heterocycles. The fourth-order valence-electron chi connectivity index (χ4n) is 2.91. The van der Waals surface area contributed by atoms with Crippen molar-refractivity contribution in [3.05, 3.63) is 49.5 Å². The van der Waals surface area contributed by atoms with Gasteiger partial charge in [-0.1, -0.05) is 0 Å². The van der Waals surface area contributed by atoms with E-state index in [1.165, 1.54) is 11.1 Å². The molecule has 1 unspecified atom stereocenters. The monoisotopic (exact) mass is 394 g/mol. The minimum Gasteiger partial charge on any atom is -1.00 e. The van der Waals surface area contributed by atoms with Gasteiger partial charge in [0.25, 0.3) is 0 Å². The van der Waals surface area contributed by atoms with Crippen LogP contribution in [0.1, 0.15) is 31.9 Å². The summed E-state index contributed by atoms with van der Waals surface area (Å²) in [5.41, 5.74) is 6.00. The van der Waals surface area contributed by atoms with Crippen molar-refractivity contribution in [2.75, 3.05) is 0 Å². The van der Waals surface area contributed by atoms with Gasteiger partial charge in [0.05, 0.1) is 0 Å². The molecule has 0 nitrogen and oxygen atoms in total. The Morgan fingerprint density at radius 3 is 1.76 bits per heavy atom. The van der Waals surface area contributed by atoms with Gasteiger partial charge in [-0.15, -0.1) is 0 Å². The van der Waals surface area contributed by atoms with Gasteiger partial charge in [0.2, 0.25) is 0 Å². The van der Waals surface area contributed by atoms with Gasteiger partial charge < -0.3 is 37.2 Å². The third kappa shape index (κ3) is 5.27. The average molecular weight is 396 g/mol. The second kappa shape index (κ2) is 9.60. The fraction of sp³-hybridized carbons (Fsp3) is 0.375. The summed E-state index contributed by atoms with van der Waals surface area (Å²) >= 11 is 2.30. The third-order valence-corrected chi connectivity index (χ3v) is 7.60. The number of hydrogen-bond acceptors (Lipinski definition) is 0. The first-order valence-electron chi connectivity index (χ1n) is 6.59. The van der Waals surface area contributed by atoms with Crippen LogP contribution >= 0.6 is 0 Å². The minimum absolute atomic E-state index is 0. The van der Waals surface area contributed by atoms with Crippen molar-refractivity contribution in [2.24, 2.45) is 5.92 Å². The molecule has 1 atom stereocenters. The van der Waals surface area contributed by atoms with E-state index in [1.807, 2.05) is 0 Å². The van der Waals surface area contributed by atoms with Crippen molar-refractivity contribution in [1.29, 1.82) is 0 Å². The van der Waals surface area contributed by atoms with E-state index in [0.29, 0.717) is 5.92 Å². The molecule has 0 bridgehead atoms. The molecule has 0 N–H and O–H groups in total. The molecular weight excluding hydrogens is 374 g/mol. The molecule has 0 heterocycles. The molecule has 5 heteroatoms. The molecule has 0 fully saturated rings. The van der Waals surface area contributed by atoms with Gasteiger partial charge in [0.1, 0.15) is 0 Å². The maximum atomic E-state index is 2.38. The first-order valence-corrected chi connectivity index (χ1v) is 8.79. The normalized spacial score (nSPS) is 17.8. The molecule has 2 rings (SSSR count).